The first-order valence-electron chi connectivity index (χ1n) is 5.95. The van der Waals surface area contributed by atoms with Crippen molar-refractivity contribution in [3.63, 3.8) is 0 Å². The molecule has 1 aliphatic rings. The number of para-hydroxylation sites is 2. The second kappa shape index (κ2) is 3.50. The third-order valence-electron chi connectivity index (χ3n) is 3.30. The smallest absolute Gasteiger partial charge is 0.123 e. The van der Waals surface area contributed by atoms with Crippen LogP contribution in [0.3, 0.4) is 0 Å². The number of nitrogens with zero attached hydrogens (tertiary/aromatic N) is 1. The van der Waals surface area contributed by atoms with Crippen LogP contribution in [-0.4, -0.2) is 9.97 Å². The van der Waals surface area contributed by atoms with Crippen LogP contribution in [0.4, 0.5) is 11.4 Å². The summed E-state index contributed by atoms with van der Waals surface area (Å²) in [5.74, 6) is 0. The number of benzene rings is 2. The van der Waals surface area contributed by atoms with Gasteiger partial charge in [-0.25, -0.2) is 4.98 Å². The summed E-state index contributed by atoms with van der Waals surface area (Å²) < 4.78 is 0. The van der Waals surface area contributed by atoms with Crippen molar-refractivity contribution >= 4 is 22.4 Å². The molecule has 0 saturated heterocycles. The highest BCUT2D eigenvalue weighted by molar-refractivity contribution is 5.78. The van der Waals surface area contributed by atoms with Crippen molar-refractivity contribution in [2.45, 2.75) is 6.17 Å². The van der Waals surface area contributed by atoms with E-state index < -0.39 is 0 Å². The molecular formula is C14H12N4. The minimum absolute atomic E-state index is 0.120. The average molecular weight is 236 g/mol. The lowest BCUT2D eigenvalue weighted by Crippen LogP contribution is -2.11. The number of anilines is 2. The number of H-pyrrole nitrogens is 1. The van der Waals surface area contributed by atoms with Gasteiger partial charge in [-0.2, -0.15) is 0 Å². The summed E-state index contributed by atoms with van der Waals surface area (Å²) in [6, 6.07) is 14.5. The molecule has 3 aromatic rings. The van der Waals surface area contributed by atoms with Gasteiger partial charge in [-0.15, -0.1) is 0 Å². The molecule has 0 radical (unpaired) electrons. The molecule has 4 rings (SSSR count). The summed E-state index contributed by atoms with van der Waals surface area (Å²) in [5.41, 5.74) is 5.55. The van der Waals surface area contributed by atoms with Crippen LogP contribution in [0.1, 0.15) is 11.7 Å². The van der Waals surface area contributed by atoms with Crippen LogP contribution in [0.15, 0.2) is 48.8 Å². The van der Waals surface area contributed by atoms with E-state index in [9.17, 15) is 0 Å². The predicted molar refractivity (Wildman–Crippen MR) is 72.5 cm³/mol. The van der Waals surface area contributed by atoms with Gasteiger partial charge in [0.05, 0.1) is 28.7 Å². The number of hydrogen-bond acceptors (Lipinski definition) is 3. The maximum absolute atomic E-state index is 4.23. The van der Waals surface area contributed by atoms with Gasteiger partial charge in [0.1, 0.15) is 6.17 Å². The Kier molecular flexibility index (Phi) is 1.85. The Morgan fingerprint density at radius 3 is 2.50 bits per heavy atom. The Bertz CT molecular complexity index is 691. The minimum atomic E-state index is 0.120. The molecule has 1 aliphatic heterocycles. The van der Waals surface area contributed by atoms with Gasteiger partial charge in [0.2, 0.25) is 0 Å². The normalized spacial score (nSPS) is 14.2. The Labute approximate surface area is 104 Å². The Morgan fingerprint density at radius 2 is 1.72 bits per heavy atom. The summed E-state index contributed by atoms with van der Waals surface area (Å²) in [7, 11) is 0. The molecule has 0 fully saturated rings. The molecule has 0 atom stereocenters. The lowest BCUT2D eigenvalue weighted by atomic mass is 10.1. The average Bonchev–Trinajstić information content (AvgIpc) is 3.04. The van der Waals surface area contributed by atoms with E-state index in [4.69, 9.17) is 0 Å². The number of rotatable bonds is 1. The SMILES string of the molecule is c1ccc2c(c1)NC(c1ccc3nc[nH]c3c1)N2. The molecule has 0 saturated carbocycles. The van der Waals surface area contributed by atoms with Gasteiger partial charge in [0, 0.05) is 0 Å². The van der Waals surface area contributed by atoms with Crippen molar-refractivity contribution in [1.29, 1.82) is 0 Å². The molecule has 4 heteroatoms. The third-order valence-corrected chi connectivity index (χ3v) is 3.30. The fourth-order valence-corrected chi connectivity index (χ4v) is 2.38. The third kappa shape index (κ3) is 1.35. The molecule has 2 heterocycles. The highest BCUT2D eigenvalue weighted by atomic mass is 15.2. The largest absolute Gasteiger partial charge is 0.360 e. The van der Waals surface area contributed by atoms with Gasteiger partial charge < -0.3 is 15.6 Å². The van der Waals surface area contributed by atoms with E-state index in [1.807, 2.05) is 18.2 Å². The molecule has 3 N–H and O–H groups in total. The number of fused-ring (bicyclic) bond motifs is 2. The van der Waals surface area contributed by atoms with E-state index in [-0.39, 0.29) is 6.17 Å². The topological polar surface area (TPSA) is 52.7 Å². The van der Waals surface area contributed by atoms with Crippen LogP contribution < -0.4 is 10.6 Å². The predicted octanol–water partition coefficient (Wildman–Crippen LogP) is 3.10. The van der Waals surface area contributed by atoms with Crippen LogP contribution in [-0.2, 0) is 0 Å². The van der Waals surface area contributed by atoms with Crippen LogP contribution in [0.5, 0.6) is 0 Å². The summed E-state index contributed by atoms with van der Waals surface area (Å²) in [6.45, 7) is 0. The van der Waals surface area contributed by atoms with Gasteiger partial charge in [0.15, 0.2) is 0 Å². The molecule has 0 spiro atoms. The first kappa shape index (κ1) is 9.53. The lowest BCUT2D eigenvalue weighted by Gasteiger charge is -2.12. The Hall–Kier alpha value is -2.49. The fourth-order valence-electron chi connectivity index (χ4n) is 2.38. The highest BCUT2D eigenvalue weighted by Gasteiger charge is 2.20. The van der Waals surface area contributed by atoms with Crippen LogP contribution >= 0.6 is 0 Å². The monoisotopic (exact) mass is 236 g/mol. The van der Waals surface area contributed by atoms with Crippen LogP contribution in [0.25, 0.3) is 11.0 Å². The van der Waals surface area contributed by atoms with E-state index in [2.05, 4.69) is 44.9 Å². The van der Waals surface area contributed by atoms with Gasteiger partial charge in [-0.05, 0) is 29.8 Å². The van der Waals surface area contributed by atoms with Crippen molar-refractivity contribution in [3.8, 4) is 0 Å². The number of imidazole rings is 1. The molecule has 88 valence electrons. The lowest BCUT2D eigenvalue weighted by molar-refractivity contribution is 0.943. The summed E-state index contributed by atoms with van der Waals surface area (Å²) in [5, 5.41) is 6.92. The van der Waals surface area contributed by atoms with Gasteiger partial charge in [-0.3, -0.25) is 0 Å². The summed E-state index contributed by atoms with van der Waals surface area (Å²) in [4.78, 5) is 7.37. The van der Waals surface area contributed by atoms with Crippen molar-refractivity contribution in [1.82, 2.24) is 9.97 Å². The van der Waals surface area contributed by atoms with Crippen LogP contribution in [0, 0.1) is 0 Å². The number of aromatic nitrogens is 2. The van der Waals surface area contributed by atoms with Crippen molar-refractivity contribution in [2.24, 2.45) is 0 Å². The first-order valence-corrected chi connectivity index (χ1v) is 5.95. The Balaban J connectivity index is 1.73. The summed E-state index contributed by atoms with van der Waals surface area (Å²) >= 11 is 0. The Morgan fingerprint density at radius 1 is 0.944 bits per heavy atom. The molecule has 2 aromatic carbocycles. The van der Waals surface area contributed by atoms with Gasteiger partial charge >= 0.3 is 0 Å². The molecule has 0 aliphatic carbocycles. The maximum atomic E-state index is 4.23. The zero-order chi connectivity index (χ0) is 11.9. The molecule has 4 nitrogen and oxygen atoms in total. The van der Waals surface area contributed by atoms with E-state index >= 15 is 0 Å². The molecule has 0 bridgehead atoms. The van der Waals surface area contributed by atoms with Crippen LogP contribution in [0.2, 0.25) is 0 Å². The number of aromatic amines is 1. The summed E-state index contributed by atoms with van der Waals surface area (Å²) in [6.07, 6.45) is 1.84. The van der Waals surface area contributed by atoms with Crippen molar-refractivity contribution in [3.05, 3.63) is 54.4 Å². The zero-order valence-electron chi connectivity index (χ0n) is 9.64. The van der Waals surface area contributed by atoms with E-state index in [1.54, 1.807) is 6.33 Å². The molecule has 0 unspecified atom stereocenters. The second-order valence-electron chi connectivity index (χ2n) is 4.45. The fraction of sp³-hybridized carbons (Fsp3) is 0.0714. The first-order chi connectivity index (χ1) is 8.90. The van der Waals surface area contributed by atoms with E-state index in [0.717, 1.165) is 22.4 Å². The van der Waals surface area contributed by atoms with E-state index in [0.29, 0.717) is 0 Å². The minimum Gasteiger partial charge on any atom is -0.360 e. The second-order valence-corrected chi connectivity index (χ2v) is 4.45. The van der Waals surface area contributed by atoms with Crippen molar-refractivity contribution in [2.75, 3.05) is 10.6 Å². The van der Waals surface area contributed by atoms with Gasteiger partial charge in [-0.1, -0.05) is 18.2 Å². The number of hydrogen-bond donors (Lipinski definition) is 3. The van der Waals surface area contributed by atoms with Gasteiger partial charge in [0.25, 0.3) is 0 Å². The highest BCUT2D eigenvalue weighted by Crippen LogP contribution is 2.35. The molecule has 1 aromatic heterocycles. The molecular weight excluding hydrogens is 224 g/mol. The van der Waals surface area contributed by atoms with E-state index in [1.165, 1.54) is 5.56 Å². The standard InChI is InChI=1S/C14H12N4/c1-2-4-12-11(3-1)17-14(18-12)9-5-6-10-13(7-9)16-8-15-10/h1-8,14,17-18H,(H,15,16). The quantitative estimate of drug-likeness (QED) is 0.608. The van der Waals surface area contributed by atoms with Crippen molar-refractivity contribution < 1.29 is 0 Å². The molecule has 0 amide bonds. The number of nitrogens with one attached hydrogen (secondary N) is 3. The zero-order valence-corrected chi connectivity index (χ0v) is 9.64. The maximum Gasteiger partial charge on any atom is 0.123 e. The molecule has 18 heavy (non-hydrogen) atoms.